The molecular weight excluding hydrogens is 348 g/mol. The summed E-state index contributed by atoms with van der Waals surface area (Å²) in [5.74, 6) is -0.435. The molecule has 0 unspecified atom stereocenters. The van der Waals surface area contributed by atoms with Crippen LogP contribution < -0.4 is 5.56 Å². The Bertz CT molecular complexity index is 1060. The highest BCUT2D eigenvalue weighted by Crippen LogP contribution is 2.30. The molecule has 2 aromatic heterocycles. The topological polar surface area (TPSA) is 72.2 Å². The highest BCUT2D eigenvalue weighted by molar-refractivity contribution is 7.18. The number of aromatic nitrogens is 2. The van der Waals surface area contributed by atoms with Crippen LogP contribution in [0.4, 0.5) is 0 Å². The second-order valence-electron chi connectivity index (χ2n) is 7.35. The van der Waals surface area contributed by atoms with Gasteiger partial charge in [-0.2, -0.15) is 0 Å². The fourth-order valence-electron chi connectivity index (χ4n) is 2.86. The van der Waals surface area contributed by atoms with Crippen molar-refractivity contribution in [1.29, 1.82) is 0 Å². The predicted molar refractivity (Wildman–Crippen MR) is 105 cm³/mol. The lowest BCUT2D eigenvalue weighted by molar-refractivity contribution is -0.147. The van der Waals surface area contributed by atoms with E-state index in [9.17, 15) is 14.7 Å². The quantitative estimate of drug-likeness (QED) is 0.748. The van der Waals surface area contributed by atoms with E-state index in [1.54, 1.807) is 13.8 Å². The summed E-state index contributed by atoms with van der Waals surface area (Å²) in [6, 6.07) is 7.76. The molecule has 3 rings (SSSR count). The van der Waals surface area contributed by atoms with Crippen LogP contribution in [0.15, 0.2) is 29.1 Å². The van der Waals surface area contributed by atoms with E-state index in [1.807, 2.05) is 45.0 Å². The van der Waals surface area contributed by atoms with Crippen molar-refractivity contribution in [3.8, 4) is 11.4 Å². The van der Waals surface area contributed by atoms with E-state index >= 15 is 0 Å². The van der Waals surface area contributed by atoms with E-state index in [-0.39, 0.29) is 12.1 Å². The average molecular weight is 370 g/mol. The molecule has 5 nitrogen and oxygen atoms in total. The summed E-state index contributed by atoms with van der Waals surface area (Å²) in [5.41, 5.74) is 1.57. The van der Waals surface area contributed by atoms with Gasteiger partial charge in [-0.15, -0.1) is 11.3 Å². The normalized spacial score (nSPS) is 11.9. The maximum Gasteiger partial charge on any atom is 0.310 e. The molecule has 0 saturated heterocycles. The van der Waals surface area contributed by atoms with E-state index in [0.29, 0.717) is 16.0 Å². The Morgan fingerprint density at radius 2 is 1.81 bits per heavy atom. The molecule has 1 N–H and O–H groups in total. The fraction of sp³-hybridized carbons (Fsp3) is 0.350. The summed E-state index contributed by atoms with van der Waals surface area (Å²) in [6.45, 7) is 9.18. The Labute approximate surface area is 155 Å². The van der Waals surface area contributed by atoms with E-state index in [2.05, 4.69) is 0 Å². The van der Waals surface area contributed by atoms with Crippen molar-refractivity contribution in [2.45, 2.75) is 41.2 Å². The van der Waals surface area contributed by atoms with Crippen molar-refractivity contribution in [1.82, 2.24) is 9.55 Å². The molecule has 0 radical (unpaired) electrons. The van der Waals surface area contributed by atoms with Gasteiger partial charge in [0.1, 0.15) is 10.7 Å². The van der Waals surface area contributed by atoms with Crippen LogP contribution in [0.25, 0.3) is 21.6 Å². The number of nitrogens with zero attached hydrogens (tertiary/aromatic N) is 2. The van der Waals surface area contributed by atoms with Crippen LogP contribution in [-0.4, -0.2) is 20.6 Å². The Kier molecular flexibility index (Phi) is 4.48. The Morgan fingerprint density at radius 1 is 1.19 bits per heavy atom. The summed E-state index contributed by atoms with van der Waals surface area (Å²) in [4.78, 5) is 31.4. The molecule has 0 saturated carbocycles. The molecule has 1 aromatic carbocycles. The molecule has 136 valence electrons. The second kappa shape index (κ2) is 6.36. The molecule has 26 heavy (non-hydrogen) atoms. The van der Waals surface area contributed by atoms with E-state index in [4.69, 9.17) is 4.98 Å². The van der Waals surface area contributed by atoms with Crippen molar-refractivity contribution in [2.75, 3.05) is 0 Å². The van der Waals surface area contributed by atoms with Gasteiger partial charge in [-0.05, 0) is 40.2 Å². The molecule has 0 amide bonds. The molecule has 6 heteroatoms. The lowest BCUT2D eigenvalue weighted by atomic mass is 9.93. The summed E-state index contributed by atoms with van der Waals surface area (Å²) in [6.07, 6.45) is 0. The third kappa shape index (κ3) is 3.05. The van der Waals surface area contributed by atoms with Crippen LogP contribution in [0.2, 0.25) is 0 Å². The van der Waals surface area contributed by atoms with Crippen molar-refractivity contribution >= 4 is 27.5 Å². The summed E-state index contributed by atoms with van der Waals surface area (Å²) in [7, 11) is 0. The zero-order valence-corrected chi connectivity index (χ0v) is 16.4. The molecule has 2 heterocycles. The second-order valence-corrected chi connectivity index (χ2v) is 8.55. The van der Waals surface area contributed by atoms with Gasteiger partial charge in [-0.3, -0.25) is 14.2 Å². The molecule has 0 aliphatic carbocycles. The number of carboxylic acids is 1. The number of carboxylic acid groups (broad SMARTS) is 1. The number of hydrogen-bond donors (Lipinski definition) is 1. The molecule has 0 fully saturated rings. The standard InChI is InChI=1S/C20H22N2O3S/c1-11-6-8-14(9-7-11)16-21-17-15(12(2)13(3)26-17)18(23)22(16)10-20(4,5)19(24)25/h6-9H,10H2,1-5H3,(H,24,25). The number of hydrogen-bond acceptors (Lipinski definition) is 4. The third-order valence-corrected chi connectivity index (χ3v) is 5.83. The Morgan fingerprint density at radius 3 is 2.38 bits per heavy atom. The Balaban J connectivity index is 2.34. The first-order valence-corrected chi connectivity index (χ1v) is 9.24. The summed E-state index contributed by atoms with van der Waals surface area (Å²) >= 11 is 1.50. The van der Waals surface area contributed by atoms with Gasteiger partial charge >= 0.3 is 5.97 Å². The van der Waals surface area contributed by atoms with Gasteiger partial charge in [0.25, 0.3) is 5.56 Å². The van der Waals surface area contributed by atoms with Crippen LogP contribution >= 0.6 is 11.3 Å². The first-order chi connectivity index (χ1) is 12.1. The van der Waals surface area contributed by atoms with Crippen LogP contribution in [0.3, 0.4) is 0 Å². The first-order valence-electron chi connectivity index (χ1n) is 8.43. The van der Waals surface area contributed by atoms with Crippen molar-refractivity contribution in [3.63, 3.8) is 0 Å². The van der Waals surface area contributed by atoms with Crippen molar-refractivity contribution in [2.24, 2.45) is 5.41 Å². The van der Waals surface area contributed by atoms with Gasteiger partial charge in [0, 0.05) is 17.0 Å². The monoisotopic (exact) mass is 370 g/mol. The van der Waals surface area contributed by atoms with Crippen LogP contribution in [0, 0.1) is 26.2 Å². The van der Waals surface area contributed by atoms with Crippen LogP contribution in [-0.2, 0) is 11.3 Å². The van der Waals surface area contributed by atoms with Gasteiger partial charge in [0.05, 0.1) is 10.8 Å². The van der Waals surface area contributed by atoms with Crippen LogP contribution in [0.5, 0.6) is 0 Å². The number of aliphatic carboxylic acids is 1. The minimum atomic E-state index is -1.09. The number of thiophene rings is 1. The lowest BCUT2D eigenvalue weighted by Crippen LogP contribution is -2.35. The SMILES string of the molecule is Cc1ccc(-c2nc3sc(C)c(C)c3c(=O)n2CC(C)(C)C(=O)O)cc1. The van der Waals surface area contributed by atoms with Crippen LogP contribution in [0.1, 0.15) is 29.9 Å². The van der Waals surface area contributed by atoms with Gasteiger partial charge in [-0.1, -0.05) is 29.8 Å². The Hall–Kier alpha value is -2.47. The maximum atomic E-state index is 13.3. The number of fused-ring (bicyclic) bond motifs is 1. The first kappa shape index (κ1) is 18.3. The average Bonchev–Trinajstić information content (AvgIpc) is 2.85. The number of benzene rings is 1. The molecule has 0 aliphatic heterocycles. The minimum Gasteiger partial charge on any atom is -0.481 e. The fourth-order valence-corrected chi connectivity index (χ4v) is 3.88. The van der Waals surface area contributed by atoms with E-state index in [0.717, 1.165) is 21.6 Å². The van der Waals surface area contributed by atoms with Gasteiger partial charge < -0.3 is 5.11 Å². The summed E-state index contributed by atoms with van der Waals surface area (Å²) < 4.78 is 1.51. The zero-order valence-electron chi connectivity index (χ0n) is 15.6. The predicted octanol–water partition coefficient (Wildman–Crippen LogP) is 4.16. The van der Waals surface area contributed by atoms with Crippen molar-refractivity contribution in [3.05, 3.63) is 50.6 Å². The highest BCUT2D eigenvalue weighted by atomic mass is 32.1. The molecule has 0 atom stereocenters. The molecular formula is C20H22N2O3S. The molecule has 0 spiro atoms. The number of rotatable bonds is 4. The van der Waals surface area contributed by atoms with E-state index < -0.39 is 11.4 Å². The van der Waals surface area contributed by atoms with Gasteiger partial charge in [-0.25, -0.2) is 4.98 Å². The smallest absolute Gasteiger partial charge is 0.310 e. The van der Waals surface area contributed by atoms with Crippen molar-refractivity contribution < 1.29 is 9.90 Å². The zero-order chi connectivity index (χ0) is 19.2. The molecule has 0 aliphatic rings. The highest BCUT2D eigenvalue weighted by Gasteiger charge is 2.30. The summed E-state index contributed by atoms with van der Waals surface area (Å²) in [5, 5.41) is 10.1. The van der Waals surface area contributed by atoms with E-state index in [1.165, 1.54) is 15.9 Å². The largest absolute Gasteiger partial charge is 0.481 e. The number of carbonyl (C=O) groups is 1. The minimum absolute atomic E-state index is 0.0572. The van der Waals surface area contributed by atoms with Gasteiger partial charge in [0.2, 0.25) is 0 Å². The maximum absolute atomic E-state index is 13.3. The molecule has 0 bridgehead atoms. The van der Waals surface area contributed by atoms with Gasteiger partial charge in [0.15, 0.2) is 0 Å². The third-order valence-electron chi connectivity index (χ3n) is 4.73. The molecule has 3 aromatic rings. The lowest BCUT2D eigenvalue weighted by Gasteiger charge is -2.22. The number of aryl methyl sites for hydroxylation is 3.